The van der Waals surface area contributed by atoms with E-state index in [1.807, 2.05) is 48.0 Å². The van der Waals surface area contributed by atoms with Crippen LogP contribution in [-0.2, 0) is 21.4 Å². The first-order valence-corrected chi connectivity index (χ1v) is 11.4. The highest BCUT2D eigenvalue weighted by Gasteiger charge is 2.34. The van der Waals surface area contributed by atoms with Crippen LogP contribution in [-0.4, -0.2) is 40.0 Å². The summed E-state index contributed by atoms with van der Waals surface area (Å²) in [5, 5.41) is 16.1. The standard InChI is InChI=1S/C25H32N4O4/c1-25(2,3)33-22(30)14-17(15-26)27-23(31)18-10-6-7-11-19(18)28-24(32)21-13-16-9-5-8-12-20(16)29(21)4/h5,8-9,12-13,17-19H,6-7,10-11,14H2,1-4H3,(H,27,31)(H,28,32). The van der Waals surface area contributed by atoms with Gasteiger partial charge in [-0.05, 0) is 45.7 Å². The molecule has 176 valence electrons. The van der Waals surface area contributed by atoms with Crippen molar-refractivity contribution in [3.8, 4) is 6.07 Å². The Hall–Kier alpha value is -3.34. The van der Waals surface area contributed by atoms with Crippen molar-refractivity contribution in [2.45, 2.75) is 70.6 Å². The van der Waals surface area contributed by atoms with E-state index in [4.69, 9.17) is 4.74 Å². The number of hydrogen-bond donors (Lipinski definition) is 2. The Balaban J connectivity index is 1.67. The summed E-state index contributed by atoms with van der Waals surface area (Å²) in [6, 6.07) is 10.2. The van der Waals surface area contributed by atoms with Crippen LogP contribution < -0.4 is 10.6 Å². The van der Waals surface area contributed by atoms with Gasteiger partial charge in [-0.15, -0.1) is 0 Å². The van der Waals surface area contributed by atoms with Crippen LogP contribution in [0.2, 0.25) is 0 Å². The fourth-order valence-electron chi connectivity index (χ4n) is 4.32. The lowest BCUT2D eigenvalue weighted by Gasteiger charge is -2.32. The molecule has 1 heterocycles. The molecule has 1 aliphatic carbocycles. The van der Waals surface area contributed by atoms with Gasteiger partial charge in [0.1, 0.15) is 17.3 Å². The quantitative estimate of drug-likeness (QED) is 0.654. The number of esters is 1. The first kappa shape index (κ1) is 24.3. The molecule has 0 spiro atoms. The van der Waals surface area contributed by atoms with Crippen LogP contribution in [0.15, 0.2) is 30.3 Å². The van der Waals surface area contributed by atoms with Crippen molar-refractivity contribution in [3.63, 3.8) is 0 Å². The molecule has 1 aromatic heterocycles. The van der Waals surface area contributed by atoms with E-state index < -0.39 is 23.5 Å². The first-order valence-electron chi connectivity index (χ1n) is 11.4. The molecule has 2 N–H and O–H groups in total. The number of fused-ring (bicyclic) bond motifs is 1. The molecule has 3 unspecified atom stereocenters. The highest BCUT2D eigenvalue weighted by molar-refractivity contribution is 5.99. The summed E-state index contributed by atoms with van der Waals surface area (Å²) in [5.74, 6) is -1.57. The summed E-state index contributed by atoms with van der Waals surface area (Å²) in [5.41, 5.74) is 0.821. The summed E-state index contributed by atoms with van der Waals surface area (Å²) >= 11 is 0. The molecular weight excluding hydrogens is 420 g/mol. The maximum Gasteiger partial charge on any atom is 0.309 e. The molecule has 2 aromatic rings. The minimum absolute atomic E-state index is 0.223. The fraction of sp³-hybridized carbons (Fsp3) is 0.520. The van der Waals surface area contributed by atoms with E-state index >= 15 is 0 Å². The van der Waals surface area contributed by atoms with E-state index in [0.717, 1.165) is 23.7 Å². The van der Waals surface area contributed by atoms with E-state index in [1.54, 1.807) is 20.8 Å². The summed E-state index contributed by atoms with van der Waals surface area (Å²) in [6.07, 6.45) is 2.83. The number of aromatic nitrogens is 1. The van der Waals surface area contributed by atoms with Gasteiger partial charge >= 0.3 is 5.97 Å². The Morgan fingerprint density at radius 2 is 1.91 bits per heavy atom. The van der Waals surface area contributed by atoms with Gasteiger partial charge < -0.3 is 19.9 Å². The maximum absolute atomic E-state index is 13.1. The van der Waals surface area contributed by atoms with Crippen molar-refractivity contribution >= 4 is 28.7 Å². The van der Waals surface area contributed by atoms with Crippen molar-refractivity contribution in [2.24, 2.45) is 13.0 Å². The lowest BCUT2D eigenvalue weighted by molar-refractivity contribution is -0.155. The number of carbonyl (C=O) groups is 3. The Morgan fingerprint density at radius 1 is 1.21 bits per heavy atom. The van der Waals surface area contributed by atoms with Crippen molar-refractivity contribution in [2.75, 3.05) is 0 Å². The number of nitrogens with zero attached hydrogens (tertiary/aromatic N) is 2. The summed E-state index contributed by atoms with van der Waals surface area (Å²) in [6.45, 7) is 5.24. The number of amides is 2. The Kier molecular flexibility index (Phi) is 7.42. The molecule has 33 heavy (non-hydrogen) atoms. The van der Waals surface area contributed by atoms with E-state index in [0.29, 0.717) is 18.5 Å². The van der Waals surface area contributed by atoms with Gasteiger partial charge in [0.2, 0.25) is 5.91 Å². The lowest BCUT2D eigenvalue weighted by Crippen LogP contribution is -2.50. The SMILES string of the molecule is Cn1c(C(=O)NC2CCCCC2C(=O)NC(C#N)CC(=O)OC(C)(C)C)cc2ccccc21. The van der Waals surface area contributed by atoms with E-state index in [2.05, 4.69) is 10.6 Å². The predicted molar refractivity (Wildman–Crippen MR) is 124 cm³/mol. The van der Waals surface area contributed by atoms with Crippen LogP contribution in [0.25, 0.3) is 10.9 Å². The molecule has 0 bridgehead atoms. The molecule has 1 aliphatic rings. The second-order valence-corrected chi connectivity index (χ2v) is 9.60. The Labute approximate surface area is 194 Å². The zero-order valence-corrected chi connectivity index (χ0v) is 19.7. The summed E-state index contributed by atoms with van der Waals surface area (Å²) in [4.78, 5) is 38.1. The normalized spacial score (nSPS) is 19.4. The number of hydrogen-bond acceptors (Lipinski definition) is 5. The zero-order chi connectivity index (χ0) is 24.2. The minimum atomic E-state index is -0.983. The summed E-state index contributed by atoms with van der Waals surface area (Å²) < 4.78 is 7.10. The molecule has 0 saturated heterocycles. The second kappa shape index (κ2) is 10.1. The number of ether oxygens (including phenoxy) is 1. The third-order valence-electron chi connectivity index (χ3n) is 5.87. The maximum atomic E-state index is 13.1. The average molecular weight is 453 g/mol. The predicted octanol–water partition coefficient (Wildman–Crippen LogP) is 3.21. The smallest absolute Gasteiger partial charge is 0.309 e. The molecular formula is C25H32N4O4. The monoisotopic (exact) mass is 452 g/mol. The number of aryl methyl sites for hydroxylation is 1. The van der Waals surface area contributed by atoms with Crippen molar-refractivity contribution in [3.05, 3.63) is 36.0 Å². The van der Waals surface area contributed by atoms with Crippen molar-refractivity contribution < 1.29 is 19.1 Å². The second-order valence-electron chi connectivity index (χ2n) is 9.60. The van der Waals surface area contributed by atoms with E-state index in [-0.39, 0.29) is 24.3 Å². The molecule has 8 heteroatoms. The fourth-order valence-corrected chi connectivity index (χ4v) is 4.32. The van der Waals surface area contributed by atoms with Crippen LogP contribution in [0.4, 0.5) is 0 Å². The molecule has 1 saturated carbocycles. The van der Waals surface area contributed by atoms with Crippen LogP contribution in [0.3, 0.4) is 0 Å². The van der Waals surface area contributed by atoms with Gasteiger partial charge in [0, 0.05) is 24.0 Å². The van der Waals surface area contributed by atoms with Gasteiger partial charge in [-0.3, -0.25) is 14.4 Å². The van der Waals surface area contributed by atoms with Crippen molar-refractivity contribution in [1.29, 1.82) is 5.26 Å². The topological polar surface area (TPSA) is 113 Å². The molecule has 3 rings (SSSR count). The van der Waals surface area contributed by atoms with E-state index in [1.165, 1.54) is 0 Å². The number of rotatable bonds is 6. The number of carbonyl (C=O) groups excluding carboxylic acids is 3. The van der Waals surface area contributed by atoms with Gasteiger partial charge in [0.25, 0.3) is 5.91 Å². The van der Waals surface area contributed by atoms with Gasteiger partial charge in [-0.1, -0.05) is 31.0 Å². The third kappa shape index (κ3) is 6.13. The minimum Gasteiger partial charge on any atom is -0.460 e. The number of nitrogens with one attached hydrogen (secondary N) is 2. The van der Waals surface area contributed by atoms with Crippen LogP contribution in [0, 0.1) is 17.2 Å². The Morgan fingerprint density at radius 3 is 2.58 bits per heavy atom. The number of benzene rings is 1. The Bertz CT molecular complexity index is 1080. The largest absolute Gasteiger partial charge is 0.460 e. The molecule has 1 aromatic carbocycles. The highest BCUT2D eigenvalue weighted by Crippen LogP contribution is 2.26. The van der Waals surface area contributed by atoms with Gasteiger partial charge in [0.05, 0.1) is 18.4 Å². The molecule has 0 aliphatic heterocycles. The number of nitriles is 1. The van der Waals surface area contributed by atoms with Crippen LogP contribution in [0.1, 0.15) is 63.4 Å². The first-order chi connectivity index (χ1) is 15.6. The van der Waals surface area contributed by atoms with Gasteiger partial charge in [-0.25, -0.2) is 0 Å². The van der Waals surface area contributed by atoms with Crippen LogP contribution in [0.5, 0.6) is 0 Å². The van der Waals surface area contributed by atoms with E-state index in [9.17, 15) is 19.6 Å². The molecule has 3 atom stereocenters. The van der Waals surface area contributed by atoms with Crippen LogP contribution >= 0.6 is 0 Å². The lowest BCUT2D eigenvalue weighted by atomic mass is 9.83. The molecule has 0 radical (unpaired) electrons. The zero-order valence-electron chi connectivity index (χ0n) is 19.7. The third-order valence-corrected chi connectivity index (χ3v) is 5.87. The summed E-state index contributed by atoms with van der Waals surface area (Å²) in [7, 11) is 1.84. The van der Waals surface area contributed by atoms with Gasteiger partial charge in [-0.2, -0.15) is 5.26 Å². The highest BCUT2D eigenvalue weighted by atomic mass is 16.6. The van der Waals surface area contributed by atoms with Crippen molar-refractivity contribution in [1.82, 2.24) is 15.2 Å². The molecule has 1 fully saturated rings. The average Bonchev–Trinajstić information content (AvgIpc) is 3.09. The number of para-hydroxylation sites is 1. The van der Waals surface area contributed by atoms with Gasteiger partial charge in [0.15, 0.2) is 0 Å². The molecule has 2 amide bonds. The molecule has 8 nitrogen and oxygen atoms in total.